The third-order valence-corrected chi connectivity index (χ3v) is 3.41. The first-order valence-corrected chi connectivity index (χ1v) is 6.07. The van der Waals surface area contributed by atoms with Gasteiger partial charge < -0.3 is 9.84 Å². The molecule has 4 nitrogen and oxygen atoms in total. The van der Waals surface area contributed by atoms with Gasteiger partial charge in [-0.2, -0.15) is 5.26 Å². The predicted molar refractivity (Wildman–Crippen MR) is 65.6 cm³/mol. The van der Waals surface area contributed by atoms with Crippen LogP contribution in [0.5, 0.6) is 5.75 Å². The Morgan fingerprint density at radius 3 is 2.83 bits per heavy atom. The van der Waals surface area contributed by atoms with E-state index in [2.05, 4.69) is 0 Å². The highest BCUT2D eigenvalue weighted by molar-refractivity contribution is 6.31. The number of nitriles is 1. The zero-order chi connectivity index (χ0) is 13.1. The monoisotopic (exact) mass is 265 g/mol. The number of aliphatic carboxylic acids is 1. The highest BCUT2D eigenvalue weighted by Gasteiger charge is 2.30. The number of hydrogen-bond acceptors (Lipinski definition) is 3. The maximum Gasteiger partial charge on any atom is 0.306 e. The second-order valence-electron chi connectivity index (χ2n) is 4.34. The minimum Gasteiger partial charge on any atom is -0.490 e. The molecule has 5 heteroatoms. The van der Waals surface area contributed by atoms with Gasteiger partial charge in [-0.05, 0) is 31.4 Å². The molecule has 0 spiro atoms. The SMILES string of the molecule is N#Cc1ccc(O[C@H]2CCC(C(=O)O)C2)cc1Cl. The molecule has 1 aromatic rings. The molecule has 1 saturated carbocycles. The summed E-state index contributed by atoms with van der Waals surface area (Å²) in [6, 6.07) is 6.84. The standard InChI is InChI=1S/C13H12ClNO3/c14-12-6-11(4-2-9(12)7-15)18-10-3-1-8(5-10)13(16)17/h2,4,6,8,10H,1,3,5H2,(H,16,17)/t8?,10-/m0/s1. The average molecular weight is 266 g/mol. The fourth-order valence-corrected chi connectivity index (χ4v) is 2.34. The molecule has 1 fully saturated rings. The van der Waals surface area contributed by atoms with E-state index in [4.69, 9.17) is 26.7 Å². The highest BCUT2D eigenvalue weighted by Crippen LogP contribution is 2.30. The quantitative estimate of drug-likeness (QED) is 0.912. The van der Waals surface area contributed by atoms with Gasteiger partial charge in [-0.3, -0.25) is 4.79 Å². The molecule has 1 aromatic carbocycles. The second kappa shape index (κ2) is 5.28. The summed E-state index contributed by atoms with van der Waals surface area (Å²) in [5.41, 5.74) is 0.402. The van der Waals surface area contributed by atoms with Gasteiger partial charge in [-0.1, -0.05) is 11.6 Å². The van der Waals surface area contributed by atoms with Crippen molar-refractivity contribution in [2.45, 2.75) is 25.4 Å². The first kappa shape index (κ1) is 12.7. The van der Waals surface area contributed by atoms with Crippen LogP contribution < -0.4 is 4.74 Å². The van der Waals surface area contributed by atoms with Crippen LogP contribution in [0.2, 0.25) is 5.02 Å². The average Bonchev–Trinajstić information content (AvgIpc) is 2.78. The van der Waals surface area contributed by atoms with Gasteiger partial charge >= 0.3 is 5.97 Å². The maximum absolute atomic E-state index is 10.8. The van der Waals surface area contributed by atoms with Gasteiger partial charge in [0.1, 0.15) is 11.8 Å². The van der Waals surface area contributed by atoms with Gasteiger partial charge in [-0.15, -0.1) is 0 Å². The lowest BCUT2D eigenvalue weighted by molar-refractivity contribution is -0.141. The molecule has 1 N–H and O–H groups in total. The molecule has 0 amide bonds. The van der Waals surface area contributed by atoms with Crippen molar-refractivity contribution in [3.63, 3.8) is 0 Å². The second-order valence-corrected chi connectivity index (χ2v) is 4.75. The van der Waals surface area contributed by atoms with Crippen LogP contribution in [-0.2, 0) is 4.79 Å². The molecule has 2 atom stereocenters. The largest absolute Gasteiger partial charge is 0.490 e. The van der Waals surface area contributed by atoms with Crippen LogP contribution in [-0.4, -0.2) is 17.2 Å². The Morgan fingerprint density at radius 1 is 1.50 bits per heavy atom. The van der Waals surface area contributed by atoms with Crippen molar-refractivity contribution in [3.05, 3.63) is 28.8 Å². The van der Waals surface area contributed by atoms with Crippen LogP contribution in [0, 0.1) is 17.2 Å². The summed E-state index contributed by atoms with van der Waals surface area (Å²) in [7, 11) is 0. The van der Waals surface area contributed by atoms with Crippen molar-refractivity contribution in [3.8, 4) is 11.8 Å². The van der Waals surface area contributed by atoms with E-state index in [-0.39, 0.29) is 12.0 Å². The van der Waals surface area contributed by atoms with E-state index in [9.17, 15) is 4.79 Å². The summed E-state index contributed by atoms with van der Waals surface area (Å²) < 4.78 is 5.68. The Bertz CT molecular complexity index is 509. The molecule has 94 valence electrons. The molecule has 0 bridgehead atoms. The number of nitrogens with zero attached hydrogens (tertiary/aromatic N) is 1. The van der Waals surface area contributed by atoms with E-state index in [0.717, 1.165) is 6.42 Å². The predicted octanol–water partition coefficient (Wildman–Crippen LogP) is 2.84. The number of hydrogen-bond donors (Lipinski definition) is 1. The summed E-state index contributed by atoms with van der Waals surface area (Å²) in [6.07, 6.45) is 1.81. The van der Waals surface area contributed by atoms with Crippen molar-refractivity contribution in [2.75, 3.05) is 0 Å². The number of ether oxygens (including phenoxy) is 1. The molecule has 1 aliphatic rings. The van der Waals surface area contributed by atoms with Gasteiger partial charge in [0.15, 0.2) is 0 Å². The van der Waals surface area contributed by atoms with Crippen LogP contribution in [0.1, 0.15) is 24.8 Å². The lowest BCUT2D eigenvalue weighted by Crippen LogP contribution is -2.15. The zero-order valence-electron chi connectivity index (χ0n) is 9.60. The minimum absolute atomic E-state index is 0.0879. The summed E-state index contributed by atoms with van der Waals surface area (Å²) >= 11 is 5.90. The van der Waals surface area contributed by atoms with Gasteiger partial charge in [0.2, 0.25) is 0 Å². The van der Waals surface area contributed by atoms with E-state index in [1.54, 1.807) is 18.2 Å². The highest BCUT2D eigenvalue weighted by atomic mass is 35.5. The van der Waals surface area contributed by atoms with E-state index >= 15 is 0 Å². The number of carboxylic acids is 1. The van der Waals surface area contributed by atoms with Gasteiger partial charge in [-0.25, -0.2) is 0 Å². The van der Waals surface area contributed by atoms with Gasteiger partial charge in [0.25, 0.3) is 0 Å². The first-order valence-electron chi connectivity index (χ1n) is 5.69. The van der Waals surface area contributed by atoms with Crippen molar-refractivity contribution in [2.24, 2.45) is 5.92 Å². The van der Waals surface area contributed by atoms with Crippen molar-refractivity contribution in [1.29, 1.82) is 5.26 Å². The van der Waals surface area contributed by atoms with Crippen molar-refractivity contribution < 1.29 is 14.6 Å². The summed E-state index contributed by atoms with van der Waals surface area (Å²) in [5.74, 6) is -0.502. The van der Waals surface area contributed by atoms with E-state index in [0.29, 0.717) is 29.2 Å². The summed E-state index contributed by atoms with van der Waals surface area (Å²) in [4.78, 5) is 10.8. The molecule has 18 heavy (non-hydrogen) atoms. The molecule has 1 unspecified atom stereocenters. The molecule has 0 aromatic heterocycles. The molecular weight excluding hydrogens is 254 g/mol. The number of benzene rings is 1. The van der Waals surface area contributed by atoms with Crippen LogP contribution in [0.4, 0.5) is 0 Å². The molecule has 1 aliphatic carbocycles. The lowest BCUT2D eigenvalue weighted by Gasteiger charge is -2.13. The number of carboxylic acid groups (broad SMARTS) is 1. The molecule has 0 radical (unpaired) electrons. The Labute approximate surface area is 110 Å². The first-order chi connectivity index (χ1) is 8.60. The van der Waals surface area contributed by atoms with Crippen molar-refractivity contribution in [1.82, 2.24) is 0 Å². The van der Waals surface area contributed by atoms with Crippen LogP contribution >= 0.6 is 11.6 Å². The molecular formula is C13H12ClNO3. The van der Waals surface area contributed by atoms with E-state index < -0.39 is 5.97 Å². The minimum atomic E-state index is -0.765. The Kier molecular flexibility index (Phi) is 3.73. The van der Waals surface area contributed by atoms with E-state index in [1.807, 2.05) is 6.07 Å². The molecule has 0 saturated heterocycles. The number of halogens is 1. The fraction of sp³-hybridized carbons (Fsp3) is 0.385. The topological polar surface area (TPSA) is 70.3 Å². The smallest absolute Gasteiger partial charge is 0.306 e. The zero-order valence-corrected chi connectivity index (χ0v) is 10.4. The molecule has 2 rings (SSSR count). The van der Waals surface area contributed by atoms with Gasteiger partial charge in [0, 0.05) is 6.07 Å². The van der Waals surface area contributed by atoms with Crippen LogP contribution in [0.15, 0.2) is 18.2 Å². The third kappa shape index (κ3) is 2.74. The fourth-order valence-electron chi connectivity index (χ4n) is 2.12. The molecule has 0 aliphatic heterocycles. The molecule has 0 heterocycles. The normalized spacial score (nSPS) is 22.4. The summed E-state index contributed by atoms with van der Waals surface area (Å²) in [5, 5.41) is 18.0. The lowest BCUT2D eigenvalue weighted by atomic mass is 10.1. The maximum atomic E-state index is 10.8. The Balaban J connectivity index is 2.01. The number of rotatable bonds is 3. The Hall–Kier alpha value is -1.73. The summed E-state index contributed by atoms with van der Waals surface area (Å²) in [6.45, 7) is 0. The van der Waals surface area contributed by atoms with E-state index in [1.165, 1.54) is 0 Å². The van der Waals surface area contributed by atoms with Crippen LogP contribution in [0.3, 0.4) is 0 Å². The van der Waals surface area contributed by atoms with Crippen molar-refractivity contribution >= 4 is 17.6 Å². The number of carbonyl (C=O) groups is 1. The third-order valence-electron chi connectivity index (χ3n) is 3.10. The van der Waals surface area contributed by atoms with Gasteiger partial charge in [0.05, 0.1) is 22.6 Å². The van der Waals surface area contributed by atoms with Crippen LogP contribution in [0.25, 0.3) is 0 Å². The Morgan fingerprint density at radius 2 is 2.28 bits per heavy atom.